The summed E-state index contributed by atoms with van der Waals surface area (Å²) in [6, 6.07) is 7.98. The lowest BCUT2D eigenvalue weighted by molar-refractivity contribution is -0.229. The predicted octanol–water partition coefficient (Wildman–Crippen LogP) is 0.772. The van der Waals surface area contributed by atoms with Gasteiger partial charge in [-0.15, -0.1) is 0 Å². The van der Waals surface area contributed by atoms with E-state index in [4.69, 9.17) is 23.7 Å². The number of piperidine rings is 1. The molecule has 9 heteroatoms. The van der Waals surface area contributed by atoms with Crippen molar-refractivity contribution in [2.24, 2.45) is 0 Å². The van der Waals surface area contributed by atoms with E-state index in [1.165, 1.54) is 12.0 Å². The Morgan fingerprint density at radius 1 is 0.939 bits per heavy atom. The molecule has 9 atom stereocenters. The summed E-state index contributed by atoms with van der Waals surface area (Å²) in [6.45, 7) is 7.57. The Hall–Kier alpha value is -1.59. The molecule has 0 aromatic heterocycles. The quantitative estimate of drug-likeness (QED) is 0.631. The van der Waals surface area contributed by atoms with Crippen LogP contribution in [0.25, 0.3) is 0 Å². The Labute approximate surface area is 193 Å². The van der Waals surface area contributed by atoms with Crippen LogP contribution in [-0.4, -0.2) is 95.0 Å². The zero-order chi connectivity index (χ0) is 23.7. The lowest BCUT2D eigenvalue weighted by Gasteiger charge is -2.60. The number of ether oxygens (including phenoxy) is 5. The third-order valence-corrected chi connectivity index (χ3v) is 7.22. The summed E-state index contributed by atoms with van der Waals surface area (Å²) < 4.78 is 29.8. The smallest absolute Gasteiger partial charge is 0.254 e. The Bertz CT molecular complexity index is 892. The van der Waals surface area contributed by atoms with Gasteiger partial charge in [-0.3, -0.25) is 4.79 Å². The Balaban J connectivity index is 1.53. The van der Waals surface area contributed by atoms with Crippen molar-refractivity contribution in [1.29, 1.82) is 0 Å². The molecule has 5 rings (SSSR count). The molecule has 0 aliphatic carbocycles. The van der Waals surface area contributed by atoms with Crippen LogP contribution in [0.4, 0.5) is 0 Å². The van der Waals surface area contributed by atoms with Gasteiger partial charge in [0.2, 0.25) is 0 Å². The molecule has 4 aliphatic rings. The highest BCUT2D eigenvalue weighted by molar-refractivity contribution is 5.89. The molecular weight excluding hydrogens is 430 g/mol. The average Bonchev–Trinajstić information content (AvgIpc) is 3.27. The van der Waals surface area contributed by atoms with Crippen LogP contribution >= 0.6 is 0 Å². The first-order valence-electron chi connectivity index (χ1n) is 11.5. The van der Waals surface area contributed by atoms with Gasteiger partial charge in [0.05, 0.1) is 30.9 Å². The fourth-order valence-electron chi connectivity index (χ4n) is 5.89. The zero-order valence-corrected chi connectivity index (χ0v) is 19.6. The van der Waals surface area contributed by atoms with Gasteiger partial charge < -0.3 is 38.8 Å². The predicted molar refractivity (Wildman–Crippen MR) is 115 cm³/mol. The summed E-state index contributed by atoms with van der Waals surface area (Å²) >= 11 is 0. The standard InChI is InChI=1S/C24H33NO8/c1-23(2)30-11-13(31-23)19-20(33-24(3,4)32-19)15-17(26)14(12-9-7-6-8-10-12)18(27)16-21(29-5)22(28)25(15)16/h6-10,13-21,26-27H,11H2,1-5H3/t13-,14+,15+,16+,17-,18-,19+,20-,21-/m1/s1. The molecular formula is C24H33NO8. The number of amides is 1. The van der Waals surface area contributed by atoms with Crippen LogP contribution in [0.3, 0.4) is 0 Å². The molecule has 0 saturated carbocycles. The minimum absolute atomic E-state index is 0.284. The second kappa shape index (κ2) is 7.98. The van der Waals surface area contributed by atoms with Gasteiger partial charge in [0.1, 0.15) is 18.3 Å². The Kier molecular flexibility index (Phi) is 5.60. The van der Waals surface area contributed by atoms with Gasteiger partial charge in [-0.05, 0) is 33.3 Å². The number of carbonyl (C=O) groups is 1. The van der Waals surface area contributed by atoms with Crippen LogP contribution in [0.15, 0.2) is 30.3 Å². The normalized spacial score (nSPS) is 43.9. The van der Waals surface area contributed by atoms with E-state index >= 15 is 0 Å². The van der Waals surface area contributed by atoms with E-state index in [-0.39, 0.29) is 5.91 Å². The Morgan fingerprint density at radius 2 is 1.58 bits per heavy atom. The Morgan fingerprint density at radius 3 is 2.18 bits per heavy atom. The van der Waals surface area contributed by atoms with Gasteiger partial charge in [-0.1, -0.05) is 30.3 Å². The summed E-state index contributed by atoms with van der Waals surface area (Å²) in [5, 5.41) is 22.9. The van der Waals surface area contributed by atoms with Crippen molar-refractivity contribution in [3.8, 4) is 0 Å². The van der Waals surface area contributed by atoms with E-state index in [0.29, 0.717) is 6.61 Å². The molecule has 4 fully saturated rings. The van der Waals surface area contributed by atoms with E-state index < -0.39 is 66.2 Å². The number of rotatable bonds is 4. The van der Waals surface area contributed by atoms with Crippen molar-refractivity contribution in [2.45, 2.75) is 93.9 Å². The minimum Gasteiger partial charge on any atom is -0.390 e. The van der Waals surface area contributed by atoms with Crippen molar-refractivity contribution in [3.05, 3.63) is 35.9 Å². The first-order valence-corrected chi connectivity index (χ1v) is 11.5. The average molecular weight is 464 g/mol. The number of benzene rings is 1. The first kappa shape index (κ1) is 23.2. The van der Waals surface area contributed by atoms with Crippen LogP contribution in [0, 0.1) is 0 Å². The van der Waals surface area contributed by atoms with Gasteiger partial charge in [0.15, 0.2) is 17.7 Å². The van der Waals surface area contributed by atoms with Crippen molar-refractivity contribution in [1.82, 2.24) is 4.90 Å². The minimum atomic E-state index is -1.10. The molecule has 0 unspecified atom stereocenters. The number of carbonyl (C=O) groups excluding carboxylic acids is 1. The van der Waals surface area contributed by atoms with Gasteiger partial charge in [-0.25, -0.2) is 0 Å². The van der Waals surface area contributed by atoms with Crippen LogP contribution in [0.2, 0.25) is 0 Å². The molecule has 0 radical (unpaired) electrons. The number of aliphatic hydroxyl groups excluding tert-OH is 2. The topological polar surface area (TPSA) is 107 Å². The fourth-order valence-corrected chi connectivity index (χ4v) is 5.89. The van der Waals surface area contributed by atoms with E-state index in [9.17, 15) is 15.0 Å². The van der Waals surface area contributed by atoms with E-state index in [2.05, 4.69) is 0 Å². The third-order valence-electron chi connectivity index (χ3n) is 7.22. The molecule has 2 N–H and O–H groups in total. The van der Waals surface area contributed by atoms with Crippen LogP contribution < -0.4 is 0 Å². The van der Waals surface area contributed by atoms with Crippen LogP contribution in [-0.2, 0) is 28.5 Å². The molecule has 182 valence electrons. The molecule has 1 amide bonds. The highest BCUT2D eigenvalue weighted by Crippen LogP contribution is 2.48. The van der Waals surface area contributed by atoms with Gasteiger partial charge in [0, 0.05) is 13.0 Å². The number of fused-ring (bicyclic) bond motifs is 1. The number of hydrogen-bond acceptors (Lipinski definition) is 8. The molecule has 4 heterocycles. The lowest BCUT2D eigenvalue weighted by Crippen LogP contribution is -2.80. The number of β-lactam (4-membered cyclic amide) rings is 1. The molecule has 4 saturated heterocycles. The molecule has 1 aromatic rings. The van der Waals surface area contributed by atoms with Gasteiger partial charge >= 0.3 is 0 Å². The number of methoxy groups -OCH3 is 1. The molecule has 1 aromatic carbocycles. The summed E-state index contributed by atoms with van der Waals surface area (Å²) in [5.74, 6) is -2.63. The van der Waals surface area contributed by atoms with Crippen molar-refractivity contribution in [3.63, 3.8) is 0 Å². The summed E-state index contributed by atoms with van der Waals surface area (Å²) in [7, 11) is 1.46. The van der Waals surface area contributed by atoms with E-state index in [0.717, 1.165) is 5.56 Å². The van der Waals surface area contributed by atoms with E-state index in [1.54, 1.807) is 13.8 Å². The second-order valence-electron chi connectivity index (χ2n) is 10.2. The maximum Gasteiger partial charge on any atom is 0.254 e. The largest absolute Gasteiger partial charge is 0.390 e. The maximum atomic E-state index is 13.0. The number of aliphatic hydroxyl groups is 2. The summed E-state index contributed by atoms with van der Waals surface area (Å²) in [6.07, 6.45) is -4.58. The fraction of sp³-hybridized carbons (Fsp3) is 0.708. The highest BCUT2D eigenvalue weighted by Gasteiger charge is 2.66. The van der Waals surface area contributed by atoms with Crippen LogP contribution in [0.5, 0.6) is 0 Å². The number of nitrogens with zero attached hydrogens (tertiary/aromatic N) is 1. The van der Waals surface area contributed by atoms with E-state index in [1.807, 2.05) is 44.2 Å². The van der Waals surface area contributed by atoms with Crippen LogP contribution in [0.1, 0.15) is 39.2 Å². The second-order valence-corrected chi connectivity index (χ2v) is 10.2. The first-order chi connectivity index (χ1) is 15.5. The molecule has 9 nitrogen and oxygen atoms in total. The molecule has 33 heavy (non-hydrogen) atoms. The highest BCUT2D eigenvalue weighted by atomic mass is 16.8. The maximum absolute atomic E-state index is 13.0. The molecule has 0 spiro atoms. The van der Waals surface area contributed by atoms with Crippen molar-refractivity contribution >= 4 is 5.91 Å². The summed E-state index contributed by atoms with van der Waals surface area (Å²) in [5.41, 5.74) is 0.785. The lowest BCUT2D eigenvalue weighted by atomic mass is 9.69. The SMILES string of the molecule is CO[C@H]1C(=O)N2[C@H]([C@H]3OC(C)(C)O[C@H]3[C@H]3COC(C)(C)O3)[C@H](O)[C@H](c3ccccc3)[C@@H](O)[C@@H]12. The zero-order valence-electron chi connectivity index (χ0n) is 19.6. The molecule has 4 aliphatic heterocycles. The van der Waals surface area contributed by atoms with Gasteiger partial charge in [-0.2, -0.15) is 0 Å². The van der Waals surface area contributed by atoms with Gasteiger partial charge in [0.25, 0.3) is 5.91 Å². The number of hydrogen-bond donors (Lipinski definition) is 2. The molecule has 0 bridgehead atoms. The van der Waals surface area contributed by atoms with Crippen molar-refractivity contribution in [2.75, 3.05) is 13.7 Å². The monoisotopic (exact) mass is 463 g/mol. The van der Waals surface area contributed by atoms with Crippen molar-refractivity contribution < 1.29 is 38.7 Å². The summed E-state index contributed by atoms with van der Waals surface area (Å²) in [4.78, 5) is 14.6. The third kappa shape index (κ3) is 3.70.